The van der Waals surface area contributed by atoms with Crippen molar-refractivity contribution in [3.05, 3.63) is 0 Å². The van der Waals surface area contributed by atoms with E-state index >= 15 is 0 Å². The number of hydrogen-bond donors (Lipinski definition) is 0. The third kappa shape index (κ3) is 4.31. The fraction of sp³-hybridized carbons (Fsp3) is 0.857. The van der Waals surface area contributed by atoms with Crippen molar-refractivity contribution >= 4 is 11.8 Å². The predicted octanol–water partition coefficient (Wildman–Crippen LogP) is 1.89. The van der Waals surface area contributed by atoms with E-state index in [0.717, 1.165) is 25.9 Å². The molecule has 1 aliphatic rings. The van der Waals surface area contributed by atoms with E-state index in [-0.39, 0.29) is 11.8 Å². The molecule has 0 aromatic heterocycles. The molecule has 0 atom stereocenters. The van der Waals surface area contributed by atoms with Crippen LogP contribution in [0.1, 0.15) is 46.5 Å². The number of amides is 2. The minimum Gasteiger partial charge on any atom is -0.341 e. The lowest BCUT2D eigenvalue weighted by Crippen LogP contribution is -2.37. The van der Waals surface area contributed by atoms with Crippen LogP contribution in [-0.2, 0) is 9.59 Å². The maximum atomic E-state index is 11.9. The summed E-state index contributed by atoms with van der Waals surface area (Å²) in [4.78, 5) is 27.7. The fourth-order valence-electron chi connectivity index (χ4n) is 2.43. The zero-order valence-electron chi connectivity index (χ0n) is 11.9. The maximum absolute atomic E-state index is 11.9. The number of hydrogen-bond acceptors (Lipinski definition) is 2. The third-order valence-corrected chi connectivity index (χ3v) is 3.34. The zero-order chi connectivity index (χ0) is 13.5. The molecular weight excluding hydrogens is 228 g/mol. The summed E-state index contributed by atoms with van der Waals surface area (Å²) >= 11 is 0. The van der Waals surface area contributed by atoms with Gasteiger partial charge in [0.1, 0.15) is 0 Å². The molecule has 2 amide bonds. The molecule has 0 radical (unpaired) electrons. The molecule has 4 heteroatoms. The van der Waals surface area contributed by atoms with Gasteiger partial charge < -0.3 is 9.80 Å². The van der Waals surface area contributed by atoms with Crippen LogP contribution in [-0.4, -0.2) is 47.8 Å². The Hall–Kier alpha value is -1.06. The van der Waals surface area contributed by atoms with E-state index in [0.29, 0.717) is 31.8 Å². The molecule has 4 nitrogen and oxygen atoms in total. The van der Waals surface area contributed by atoms with Crippen molar-refractivity contribution in [2.24, 2.45) is 5.92 Å². The van der Waals surface area contributed by atoms with Crippen molar-refractivity contribution in [3.63, 3.8) is 0 Å². The van der Waals surface area contributed by atoms with Crippen molar-refractivity contribution < 1.29 is 9.59 Å². The Balaban J connectivity index is 2.57. The first-order chi connectivity index (χ1) is 8.58. The highest BCUT2D eigenvalue weighted by atomic mass is 16.2. The van der Waals surface area contributed by atoms with Gasteiger partial charge in [-0.2, -0.15) is 0 Å². The monoisotopic (exact) mass is 254 g/mol. The van der Waals surface area contributed by atoms with Gasteiger partial charge >= 0.3 is 0 Å². The van der Waals surface area contributed by atoms with Gasteiger partial charge in [-0.1, -0.05) is 20.8 Å². The van der Waals surface area contributed by atoms with Crippen molar-refractivity contribution in [2.45, 2.75) is 46.5 Å². The molecule has 0 saturated carbocycles. The number of carbonyl (C=O) groups is 2. The van der Waals surface area contributed by atoms with Crippen LogP contribution >= 0.6 is 0 Å². The summed E-state index contributed by atoms with van der Waals surface area (Å²) in [5, 5.41) is 0. The van der Waals surface area contributed by atoms with Crippen LogP contribution in [0.25, 0.3) is 0 Å². The summed E-state index contributed by atoms with van der Waals surface area (Å²) in [6.07, 6.45) is 3.02. The summed E-state index contributed by atoms with van der Waals surface area (Å²) < 4.78 is 0. The summed E-state index contributed by atoms with van der Waals surface area (Å²) in [5.41, 5.74) is 0. The summed E-state index contributed by atoms with van der Waals surface area (Å²) in [6, 6.07) is 0. The van der Waals surface area contributed by atoms with Crippen LogP contribution in [0.5, 0.6) is 0 Å². The Morgan fingerprint density at radius 2 is 1.33 bits per heavy atom. The number of carbonyl (C=O) groups excluding carboxylic acids is 2. The minimum atomic E-state index is 0.231. The van der Waals surface area contributed by atoms with Gasteiger partial charge in [0, 0.05) is 39.0 Å². The molecule has 0 spiro atoms. The van der Waals surface area contributed by atoms with Gasteiger partial charge in [0.05, 0.1) is 0 Å². The van der Waals surface area contributed by atoms with Gasteiger partial charge in [-0.3, -0.25) is 9.59 Å². The van der Waals surface area contributed by atoms with E-state index in [4.69, 9.17) is 0 Å². The van der Waals surface area contributed by atoms with Gasteiger partial charge in [-0.15, -0.1) is 0 Å². The lowest BCUT2D eigenvalue weighted by atomic mass is 10.1. The average Bonchev–Trinajstić information content (AvgIpc) is 2.52. The molecule has 18 heavy (non-hydrogen) atoms. The Morgan fingerprint density at radius 3 is 1.67 bits per heavy atom. The van der Waals surface area contributed by atoms with E-state index in [1.54, 1.807) is 0 Å². The Morgan fingerprint density at radius 1 is 0.944 bits per heavy atom. The second kappa shape index (κ2) is 7.39. The molecule has 1 rings (SSSR count). The third-order valence-electron chi connectivity index (χ3n) is 3.34. The Labute approximate surface area is 110 Å². The lowest BCUT2D eigenvalue weighted by molar-refractivity contribution is -0.133. The average molecular weight is 254 g/mol. The summed E-state index contributed by atoms with van der Waals surface area (Å²) in [7, 11) is 0. The van der Waals surface area contributed by atoms with Crippen molar-refractivity contribution in [1.82, 2.24) is 9.80 Å². The first kappa shape index (κ1) is 15.0. The number of nitrogens with zero attached hydrogens (tertiary/aromatic N) is 2. The molecule has 104 valence electrons. The normalized spacial score (nSPS) is 17.7. The van der Waals surface area contributed by atoms with E-state index in [1.807, 2.05) is 23.6 Å². The molecule has 0 aliphatic carbocycles. The van der Waals surface area contributed by atoms with Gasteiger partial charge in [-0.25, -0.2) is 0 Å². The molecule has 0 aromatic rings. The molecule has 1 aliphatic heterocycles. The van der Waals surface area contributed by atoms with Gasteiger partial charge in [0.15, 0.2) is 0 Å². The maximum Gasteiger partial charge on any atom is 0.222 e. The Bertz CT molecular complexity index is 264. The molecule has 1 heterocycles. The van der Waals surface area contributed by atoms with Crippen LogP contribution in [0.3, 0.4) is 0 Å². The smallest absolute Gasteiger partial charge is 0.222 e. The molecule has 1 saturated heterocycles. The van der Waals surface area contributed by atoms with E-state index in [9.17, 15) is 9.59 Å². The minimum absolute atomic E-state index is 0.231. The van der Waals surface area contributed by atoms with E-state index in [1.165, 1.54) is 0 Å². The van der Waals surface area contributed by atoms with Gasteiger partial charge in [0.2, 0.25) is 11.8 Å². The molecule has 0 N–H and O–H groups in total. The quantitative estimate of drug-likeness (QED) is 0.768. The molecule has 0 aromatic carbocycles. The first-order valence-corrected chi connectivity index (χ1v) is 7.14. The number of rotatable bonds is 4. The fourth-order valence-corrected chi connectivity index (χ4v) is 2.43. The van der Waals surface area contributed by atoms with Crippen LogP contribution < -0.4 is 0 Å². The van der Waals surface area contributed by atoms with Crippen molar-refractivity contribution in [1.29, 1.82) is 0 Å². The molecule has 1 fully saturated rings. The van der Waals surface area contributed by atoms with Gasteiger partial charge in [-0.05, 0) is 18.8 Å². The zero-order valence-corrected chi connectivity index (χ0v) is 11.9. The van der Waals surface area contributed by atoms with Crippen LogP contribution in [0.2, 0.25) is 0 Å². The van der Waals surface area contributed by atoms with E-state index in [2.05, 4.69) is 6.92 Å². The van der Waals surface area contributed by atoms with Crippen LogP contribution in [0.4, 0.5) is 0 Å². The largest absolute Gasteiger partial charge is 0.341 e. The highest BCUT2D eigenvalue weighted by molar-refractivity contribution is 5.77. The molecule has 0 bridgehead atoms. The van der Waals surface area contributed by atoms with Crippen molar-refractivity contribution in [2.75, 3.05) is 26.2 Å². The highest BCUT2D eigenvalue weighted by Crippen LogP contribution is 2.12. The Kier molecular flexibility index (Phi) is 6.16. The second-order valence-electron chi connectivity index (χ2n) is 5.28. The summed E-state index contributed by atoms with van der Waals surface area (Å²) in [5.74, 6) is 0.831. The van der Waals surface area contributed by atoms with Gasteiger partial charge in [0.25, 0.3) is 0 Å². The lowest BCUT2D eigenvalue weighted by Gasteiger charge is -2.22. The van der Waals surface area contributed by atoms with Crippen LogP contribution in [0, 0.1) is 5.92 Å². The highest BCUT2D eigenvalue weighted by Gasteiger charge is 2.24. The standard InChI is InChI=1S/C14H26N2O2/c1-4-6-13(17)15-8-9-16(11-12(3)10-15)14(18)7-5-2/h12H,4-11H2,1-3H3. The SMILES string of the molecule is CCCC(=O)N1CCN(C(=O)CCC)CC(C)C1. The summed E-state index contributed by atoms with van der Waals surface area (Å²) in [6.45, 7) is 9.12. The van der Waals surface area contributed by atoms with E-state index < -0.39 is 0 Å². The predicted molar refractivity (Wildman–Crippen MR) is 72.1 cm³/mol. The van der Waals surface area contributed by atoms with Crippen LogP contribution in [0.15, 0.2) is 0 Å². The topological polar surface area (TPSA) is 40.6 Å². The first-order valence-electron chi connectivity index (χ1n) is 7.14. The second-order valence-corrected chi connectivity index (χ2v) is 5.28. The molecular formula is C14H26N2O2. The molecule has 0 unspecified atom stereocenters. The van der Waals surface area contributed by atoms with Crippen molar-refractivity contribution in [3.8, 4) is 0 Å².